The van der Waals surface area contributed by atoms with Crippen molar-refractivity contribution in [2.45, 2.75) is 258 Å². The van der Waals surface area contributed by atoms with Crippen LogP contribution in [0.2, 0.25) is 0 Å². The molecule has 12 saturated heterocycles. The summed E-state index contributed by atoms with van der Waals surface area (Å²) >= 11 is 0. The number of likely N-dealkylation sites (tertiary alicyclic amines) is 2. The number of fused-ring (bicyclic) bond motifs is 12. The van der Waals surface area contributed by atoms with Crippen LogP contribution >= 0.6 is 0 Å². The van der Waals surface area contributed by atoms with Crippen molar-refractivity contribution in [3.63, 3.8) is 0 Å². The number of morpholine rings is 1. The van der Waals surface area contributed by atoms with Gasteiger partial charge in [-0.1, -0.05) is 0 Å². The Morgan fingerprint density at radius 2 is 0.764 bits per heavy atom. The summed E-state index contributed by atoms with van der Waals surface area (Å²) in [5.74, 6) is 2.06. The summed E-state index contributed by atoms with van der Waals surface area (Å²) < 4.78 is 5.51. The molecule has 72 heavy (non-hydrogen) atoms. The first-order chi connectivity index (χ1) is 33.4. The molecule has 10 atom stereocenters. The molecule has 1 saturated carbocycles. The number of nitrogens with one attached hydrogen (secondary N) is 3. The van der Waals surface area contributed by atoms with E-state index in [2.05, 4.69) is 180 Å². The summed E-state index contributed by atoms with van der Waals surface area (Å²) in [6.07, 6.45) is 11.5. The van der Waals surface area contributed by atoms with Gasteiger partial charge in [0.25, 0.3) is 0 Å². The lowest BCUT2D eigenvalue weighted by Gasteiger charge is -2.56. The van der Waals surface area contributed by atoms with Crippen LogP contribution in [0, 0.1) is 11.8 Å². The van der Waals surface area contributed by atoms with Crippen molar-refractivity contribution in [2.24, 2.45) is 11.8 Å². The monoisotopic (exact) mass is 1010 g/mol. The average Bonchev–Trinajstić information content (AvgIpc) is 4.00. The molecule has 0 aromatic carbocycles. The Morgan fingerprint density at radius 3 is 1.17 bits per heavy atom. The molecule has 12 heteroatoms. The van der Waals surface area contributed by atoms with Gasteiger partial charge in [-0.25, -0.2) is 0 Å². The molecule has 10 unspecified atom stereocenters. The predicted octanol–water partition coefficient (Wildman–Crippen LogP) is 7.38. The van der Waals surface area contributed by atoms with E-state index < -0.39 is 0 Å². The standard InChI is InChI=1S/C11H21N.C10H20N2O.3C10H20N2.C9H18N2/c1-11(2,3)12-7-9-4-5-10(6-9)8-12;1-10(2,3)12-4-8-6-13-7-9(5-12)11-8;1-10(2,3)12-6-8-4-5-9(7-12)11-8;1-10(2,3)12-8-4-5-9(12)7-11-6-8;1-10(2,3)12-7-6-11-5-4-9(12)8-11;1-9(2,3)11-5-4-10-6-8(11)7-10/h9-10H,4-8H2,1-3H3;8-9,11H,4-7H2,1-3H3;2*8-9,11H,4-7H2,1-3H3;9H,4-8H2,1-3H3;8H,4-7H2,1-3H3. The number of nitrogens with zero attached hydrogens (tertiary/aromatic N) is 8. The second-order valence-corrected chi connectivity index (χ2v) is 31.0. The lowest BCUT2D eigenvalue weighted by molar-refractivity contribution is -0.0694. The molecule has 0 aromatic heterocycles. The first-order valence-electron chi connectivity index (χ1n) is 30.2. The highest BCUT2D eigenvalue weighted by Gasteiger charge is 2.44. The van der Waals surface area contributed by atoms with Crippen LogP contribution in [0.25, 0.3) is 0 Å². The first kappa shape index (κ1) is 59.2. The van der Waals surface area contributed by atoms with Crippen LogP contribution in [0.1, 0.15) is 176 Å². The van der Waals surface area contributed by atoms with Crippen molar-refractivity contribution in [3.8, 4) is 0 Å². The highest BCUT2D eigenvalue weighted by atomic mass is 16.5. The summed E-state index contributed by atoms with van der Waals surface area (Å²) in [6.45, 7) is 63.8. The second-order valence-electron chi connectivity index (χ2n) is 31.0. The highest BCUT2D eigenvalue weighted by Crippen LogP contribution is 2.39. The van der Waals surface area contributed by atoms with Crippen LogP contribution in [0.3, 0.4) is 0 Å². The number of piperazine rings is 6. The minimum Gasteiger partial charge on any atom is -0.378 e. The zero-order valence-electron chi connectivity index (χ0n) is 50.6. The minimum absolute atomic E-state index is 0.302. The van der Waals surface area contributed by atoms with Gasteiger partial charge in [0.2, 0.25) is 0 Å². The van der Waals surface area contributed by atoms with Crippen molar-refractivity contribution in [3.05, 3.63) is 0 Å². The molecule has 13 aliphatic rings. The largest absolute Gasteiger partial charge is 0.378 e. The molecule has 13 rings (SSSR count). The van der Waals surface area contributed by atoms with Crippen LogP contribution in [-0.4, -0.2) is 239 Å². The molecule has 0 spiro atoms. The van der Waals surface area contributed by atoms with Crippen LogP contribution < -0.4 is 16.0 Å². The zero-order chi connectivity index (χ0) is 52.6. The molecule has 0 amide bonds. The molecule has 0 radical (unpaired) electrons. The van der Waals surface area contributed by atoms with E-state index in [4.69, 9.17) is 4.74 Å². The Balaban J connectivity index is 0.000000127. The van der Waals surface area contributed by atoms with E-state index in [1.54, 1.807) is 0 Å². The summed E-state index contributed by atoms with van der Waals surface area (Å²) in [6, 6.07) is 5.99. The fourth-order valence-corrected chi connectivity index (χ4v) is 14.9. The van der Waals surface area contributed by atoms with Crippen molar-refractivity contribution >= 4 is 0 Å². The van der Waals surface area contributed by atoms with E-state index in [0.717, 1.165) is 74.4 Å². The topological polar surface area (TPSA) is 71.2 Å². The van der Waals surface area contributed by atoms with Gasteiger partial charge in [-0.3, -0.25) is 34.3 Å². The maximum atomic E-state index is 5.51. The number of piperidine rings is 1. The van der Waals surface area contributed by atoms with E-state index in [9.17, 15) is 0 Å². The van der Waals surface area contributed by atoms with Gasteiger partial charge >= 0.3 is 0 Å². The normalized spacial score (nSPS) is 37.2. The van der Waals surface area contributed by atoms with Gasteiger partial charge in [-0.2, -0.15) is 0 Å². The van der Waals surface area contributed by atoms with Crippen LogP contribution in [-0.2, 0) is 4.74 Å². The van der Waals surface area contributed by atoms with E-state index in [0.29, 0.717) is 45.3 Å². The second kappa shape index (κ2) is 23.9. The SMILES string of the molecule is CC(C)(C)N1C2CCC1CNC2.CC(C)(C)N1CC2CCC(C1)N2.CC(C)(C)N1CC2CCC(C2)C1.CC(C)(C)N1CC2COCC(C1)N2.CC(C)(C)N1CCN2CC1C2.CC(C)(C)N1CCN2CCC1C2. The molecule has 12 aliphatic heterocycles. The van der Waals surface area contributed by atoms with E-state index in [-0.39, 0.29) is 0 Å². The Morgan fingerprint density at radius 1 is 0.347 bits per heavy atom. The lowest BCUT2D eigenvalue weighted by atomic mass is 9.94. The molecule has 12 nitrogen and oxygen atoms in total. The van der Waals surface area contributed by atoms with Gasteiger partial charge in [-0.15, -0.1) is 0 Å². The number of hydrogen-bond acceptors (Lipinski definition) is 12. The van der Waals surface area contributed by atoms with Gasteiger partial charge in [0.15, 0.2) is 0 Å². The molecular formula is C60H119N11O. The van der Waals surface area contributed by atoms with Crippen LogP contribution in [0.15, 0.2) is 0 Å². The van der Waals surface area contributed by atoms with E-state index >= 15 is 0 Å². The smallest absolute Gasteiger partial charge is 0.0633 e. The maximum absolute atomic E-state index is 5.51. The summed E-state index contributed by atoms with van der Waals surface area (Å²) in [5.41, 5.74) is 2.20. The van der Waals surface area contributed by atoms with Crippen molar-refractivity contribution in [1.29, 1.82) is 0 Å². The van der Waals surface area contributed by atoms with Crippen LogP contribution in [0.5, 0.6) is 0 Å². The highest BCUT2D eigenvalue weighted by molar-refractivity contribution is 5.01. The maximum Gasteiger partial charge on any atom is 0.0633 e. The Bertz CT molecular complexity index is 1550. The Hall–Kier alpha value is -0.480. The van der Waals surface area contributed by atoms with Crippen molar-refractivity contribution in [2.75, 3.05) is 118 Å². The minimum atomic E-state index is 0.302. The van der Waals surface area contributed by atoms with Gasteiger partial charge < -0.3 is 25.6 Å². The van der Waals surface area contributed by atoms with Gasteiger partial charge in [-0.05, 0) is 194 Å². The molecular weight excluding hydrogens is 891 g/mol. The predicted molar refractivity (Wildman–Crippen MR) is 306 cm³/mol. The summed E-state index contributed by atoms with van der Waals surface area (Å²) in [4.78, 5) is 21.0. The van der Waals surface area contributed by atoms with E-state index in [1.807, 2.05) is 0 Å². The number of rotatable bonds is 0. The molecule has 12 heterocycles. The third kappa shape index (κ3) is 16.3. The molecule has 3 N–H and O–H groups in total. The van der Waals surface area contributed by atoms with Crippen LogP contribution in [0.4, 0.5) is 0 Å². The van der Waals surface area contributed by atoms with E-state index in [1.165, 1.54) is 143 Å². The fourth-order valence-electron chi connectivity index (χ4n) is 14.9. The third-order valence-corrected chi connectivity index (χ3v) is 18.9. The quantitative estimate of drug-likeness (QED) is 0.227. The third-order valence-electron chi connectivity index (χ3n) is 18.9. The lowest BCUT2D eigenvalue weighted by Crippen LogP contribution is -2.70. The molecule has 12 bridgehead atoms. The zero-order valence-corrected chi connectivity index (χ0v) is 50.6. The number of hydrogen-bond donors (Lipinski definition) is 3. The van der Waals surface area contributed by atoms with Gasteiger partial charge in [0.05, 0.1) is 13.2 Å². The summed E-state index contributed by atoms with van der Waals surface area (Å²) in [7, 11) is 0. The summed E-state index contributed by atoms with van der Waals surface area (Å²) in [5, 5.41) is 10.7. The molecule has 1 aliphatic carbocycles. The van der Waals surface area contributed by atoms with Gasteiger partial charge in [0.1, 0.15) is 0 Å². The molecule has 0 aromatic rings. The Kier molecular flexibility index (Phi) is 19.6. The van der Waals surface area contributed by atoms with Gasteiger partial charge in [0, 0.05) is 180 Å². The van der Waals surface area contributed by atoms with Crippen molar-refractivity contribution in [1.82, 2.24) is 55.1 Å². The first-order valence-corrected chi connectivity index (χ1v) is 30.2. The average molecular weight is 1010 g/mol. The fraction of sp³-hybridized carbons (Fsp3) is 1.00. The Labute approximate surface area is 445 Å². The number of ether oxygens (including phenoxy) is 1. The van der Waals surface area contributed by atoms with Crippen molar-refractivity contribution < 1.29 is 4.74 Å². The molecule has 420 valence electrons. The molecule has 13 fully saturated rings.